The molecule has 12 rings (SSSR count). The first-order valence-corrected chi connectivity index (χ1v) is 19.5. The maximum absolute atomic E-state index is 5.65. The molecule has 0 radical (unpaired) electrons. The van der Waals surface area contributed by atoms with Crippen molar-refractivity contribution in [2.45, 2.75) is 19.3 Å². The summed E-state index contributed by atoms with van der Waals surface area (Å²) in [4.78, 5) is 15.9. The number of para-hydroxylation sites is 2. The minimum absolute atomic E-state index is 0.339. The van der Waals surface area contributed by atoms with Crippen LogP contribution in [0.4, 0.5) is 0 Å². The molecule has 0 bridgehead atoms. The summed E-state index contributed by atoms with van der Waals surface area (Å²) in [7, 11) is 0. The van der Waals surface area contributed by atoms with E-state index in [1.54, 1.807) is 0 Å². The Bertz CT molecular complexity index is 3430. The van der Waals surface area contributed by atoms with Crippen molar-refractivity contribution in [1.82, 2.24) is 24.1 Å². The van der Waals surface area contributed by atoms with Gasteiger partial charge in [0.15, 0.2) is 0 Å². The molecular weight excluding hydrogens is 695 g/mol. The summed E-state index contributed by atoms with van der Waals surface area (Å²) < 4.78 is 4.66. The van der Waals surface area contributed by atoms with Gasteiger partial charge < -0.3 is 4.57 Å². The molecule has 0 fully saturated rings. The third-order valence-electron chi connectivity index (χ3n) is 12.1. The SMILES string of the molecule is CC1(C)c2ccccc2-c2c(-c3ccc4c5cc(-c6ccccn6)ccc5n(-c5ccccc5)c4c3)nc(-n3c4ccccc4c4cc5ccccc5cc43)nc21. The van der Waals surface area contributed by atoms with E-state index in [2.05, 4.69) is 186 Å². The van der Waals surface area contributed by atoms with Crippen molar-refractivity contribution in [3.8, 4) is 45.3 Å². The number of aromatic nitrogens is 5. The highest BCUT2D eigenvalue weighted by Gasteiger charge is 2.40. The molecule has 0 saturated heterocycles. The standard InChI is InChI=1S/C52H35N5/c1-52(2)42-20-10-8-19-39(42)48-49(54-51(55-50(48)52)57-44-22-11-9-18-37(44)41-28-32-14-6-7-15-33(32)30-47(41)57)35-23-25-38-40-29-34(43-21-12-13-27-53-43)24-26-45(40)56(46(38)31-35)36-16-4-3-5-17-36/h3-31H,1-2H3. The Balaban J connectivity index is 1.17. The molecule has 4 heterocycles. The number of benzene rings is 7. The Morgan fingerprint density at radius 1 is 0.474 bits per heavy atom. The van der Waals surface area contributed by atoms with Crippen LogP contribution in [0.1, 0.15) is 25.1 Å². The Morgan fingerprint density at radius 2 is 1.16 bits per heavy atom. The van der Waals surface area contributed by atoms with E-state index in [1.807, 2.05) is 18.3 Å². The molecule has 0 aliphatic heterocycles. The summed E-state index contributed by atoms with van der Waals surface area (Å²) in [5.41, 5.74) is 13.8. The summed E-state index contributed by atoms with van der Waals surface area (Å²) in [6.45, 7) is 4.60. The van der Waals surface area contributed by atoms with Crippen LogP contribution in [-0.2, 0) is 5.41 Å². The van der Waals surface area contributed by atoms with Crippen molar-refractivity contribution in [2.24, 2.45) is 0 Å². The van der Waals surface area contributed by atoms with Crippen LogP contribution in [-0.4, -0.2) is 24.1 Å². The predicted octanol–water partition coefficient (Wildman–Crippen LogP) is 12.9. The second-order valence-electron chi connectivity index (χ2n) is 15.7. The van der Waals surface area contributed by atoms with Crippen molar-refractivity contribution in [3.63, 3.8) is 0 Å². The largest absolute Gasteiger partial charge is 0.309 e. The summed E-state index contributed by atoms with van der Waals surface area (Å²) in [6, 6.07) is 60.9. The molecule has 0 spiro atoms. The molecule has 1 aliphatic rings. The molecule has 1 aliphatic carbocycles. The zero-order valence-electron chi connectivity index (χ0n) is 31.5. The molecule has 0 saturated carbocycles. The number of hydrogen-bond acceptors (Lipinski definition) is 3. The van der Waals surface area contributed by atoms with E-state index in [-0.39, 0.29) is 5.41 Å². The topological polar surface area (TPSA) is 48.5 Å². The van der Waals surface area contributed by atoms with Gasteiger partial charge in [-0.15, -0.1) is 0 Å². The van der Waals surface area contributed by atoms with Gasteiger partial charge in [0.05, 0.1) is 39.1 Å². The van der Waals surface area contributed by atoms with Crippen molar-refractivity contribution in [1.29, 1.82) is 0 Å². The maximum atomic E-state index is 5.65. The maximum Gasteiger partial charge on any atom is 0.235 e. The average Bonchev–Trinajstić information content (AvgIpc) is 3.85. The lowest BCUT2D eigenvalue weighted by Gasteiger charge is -2.21. The van der Waals surface area contributed by atoms with Crippen molar-refractivity contribution < 1.29 is 0 Å². The summed E-state index contributed by atoms with van der Waals surface area (Å²) in [5.74, 6) is 0.676. The van der Waals surface area contributed by atoms with Gasteiger partial charge in [0.2, 0.25) is 5.95 Å². The normalized spacial score (nSPS) is 13.2. The van der Waals surface area contributed by atoms with Crippen molar-refractivity contribution in [3.05, 3.63) is 187 Å². The fourth-order valence-corrected chi connectivity index (χ4v) is 9.43. The quantitative estimate of drug-likeness (QED) is 0.181. The van der Waals surface area contributed by atoms with Gasteiger partial charge >= 0.3 is 0 Å². The monoisotopic (exact) mass is 729 g/mol. The number of rotatable bonds is 4. The zero-order valence-corrected chi connectivity index (χ0v) is 31.5. The Labute approximate surface area is 329 Å². The first-order valence-electron chi connectivity index (χ1n) is 19.5. The fourth-order valence-electron chi connectivity index (χ4n) is 9.43. The van der Waals surface area contributed by atoms with Crippen LogP contribution in [0.5, 0.6) is 0 Å². The van der Waals surface area contributed by atoms with Gasteiger partial charge in [0.25, 0.3) is 0 Å². The molecular formula is C52H35N5. The zero-order chi connectivity index (χ0) is 37.8. The van der Waals surface area contributed by atoms with Crippen LogP contribution in [0.2, 0.25) is 0 Å². The molecule has 0 amide bonds. The van der Waals surface area contributed by atoms with E-state index in [9.17, 15) is 0 Å². The summed E-state index contributed by atoms with van der Waals surface area (Å²) >= 11 is 0. The smallest absolute Gasteiger partial charge is 0.235 e. The van der Waals surface area contributed by atoms with Gasteiger partial charge in [-0.2, -0.15) is 0 Å². The highest BCUT2D eigenvalue weighted by molar-refractivity contribution is 6.14. The van der Waals surface area contributed by atoms with E-state index in [0.717, 1.165) is 61.5 Å². The highest BCUT2D eigenvalue weighted by atomic mass is 15.2. The third-order valence-corrected chi connectivity index (χ3v) is 12.1. The van der Waals surface area contributed by atoms with E-state index in [1.165, 1.54) is 43.4 Å². The van der Waals surface area contributed by atoms with Gasteiger partial charge in [0, 0.05) is 55.5 Å². The number of pyridine rings is 1. The molecule has 268 valence electrons. The van der Waals surface area contributed by atoms with E-state index >= 15 is 0 Å². The number of hydrogen-bond donors (Lipinski definition) is 0. The molecule has 4 aromatic heterocycles. The van der Waals surface area contributed by atoms with Crippen molar-refractivity contribution >= 4 is 54.4 Å². The second kappa shape index (κ2) is 11.8. The molecule has 0 unspecified atom stereocenters. The Kier molecular flexibility index (Phi) is 6.62. The lowest BCUT2D eigenvalue weighted by molar-refractivity contribution is 0.632. The summed E-state index contributed by atoms with van der Waals surface area (Å²) in [6.07, 6.45) is 1.86. The Hall–Kier alpha value is -7.37. The van der Waals surface area contributed by atoms with Gasteiger partial charge in [-0.1, -0.05) is 123 Å². The molecule has 5 nitrogen and oxygen atoms in total. The first-order chi connectivity index (χ1) is 28.0. The van der Waals surface area contributed by atoms with Gasteiger partial charge in [0.1, 0.15) is 0 Å². The van der Waals surface area contributed by atoms with Crippen LogP contribution in [0, 0.1) is 0 Å². The van der Waals surface area contributed by atoms with E-state index in [4.69, 9.17) is 9.97 Å². The van der Waals surface area contributed by atoms with Crippen LogP contribution in [0.25, 0.3) is 99.7 Å². The highest BCUT2D eigenvalue weighted by Crippen LogP contribution is 2.51. The molecule has 11 aromatic rings. The van der Waals surface area contributed by atoms with Gasteiger partial charge in [-0.25, -0.2) is 9.97 Å². The molecule has 7 aromatic carbocycles. The first kappa shape index (κ1) is 31.9. The lowest BCUT2D eigenvalue weighted by atomic mass is 9.85. The van der Waals surface area contributed by atoms with Crippen LogP contribution in [0.3, 0.4) is 0 Å². The molecule has 57 heavy (non-hydrogen) atoms. The molecule has 0 N–H and O–H groups in total. The van der Waals surface area contributed by atoms with E-state index in [0.29, 0.717) is 5.95 Å². The number of nitrogens with zero attached hydrogens (tertiary/aromatic N) is 5. The minimum Gasteiger partial charge on any atom is -0.309 e. The molecule has 5 heteroatoms. The third kappa shape index (κ3) is 4.60. The van der Waals surface area contributed by atoms with Crippen molar-refractivity contribution in [2.75, 3.05) is 0 Å². The second-order valence-corrected chi connectivity index (χ2v) is 15.7. The molecule has 0 atom stereocenters. The lowest BCUT2D eigenvalue weighted by Crippen LogP contribution is -2.18. The van der Waals surface area contributed by atoms with E-state index < -0.39 is 0 Å². The van der Waals surface area contributed by atoms with Gasteiger partial charge in [-0.05, 0) is 82.6 Å². The predicted molar refractivity (Wildman–Crippen MR) is 234 cm³/mol. The minimum atomic E-state index is -0.339. The fraction of sp³-hybridized carbons (Fsp3) is 0.0577. The number of fused-ring (bicyclic) bond motifs is 10. The van der Waals surface area contributed by atoms with Gasteiger partial charge in [-0.3, -0.25) is 9.55 Å². The average molecular weight is 730 g/mol. The van der Waals surface area contributed by atoms with Crippen LogP contribution < -0.4 is 0 Å². The van der Waals surface area contributed by atoms with Crippen LogP contribution in [0.15, 0.2) is 176 Å². The Morgan fingerprint density at radius 3 is 2.02 bits per heavy atom. The van der Waals surface area contributed by atoms with Crippen LogP contribution >= 0.6 is 0 Å². The summed E-state index contributed by atoms with van der Waals surface area (Å²) in [5, 5.41) is 7.14.